The van der Waals surface area contributed by atoms with Crippen LogP contribution in [0, 0.1) is 26.7 Å². The van der Waals surface area contributed by atoms with Crippen LogP contribution in [0.3, 0.4) is 0 Å². The van der Waals surface area contributed by atoms with E-state index in [4.69, 9.17) is 5.73 Å². The number of hydrogen-bond acceptors (Lipinski definition) is 2. The van der Waals surface area contributed by atoms with Gasteiger partial charge in [-0.05, 0) is 50.3 Å². The molecule has 3 N–H and O–H groups in total. The van der Waals surface area contributed by atoms with Crippen LogP contribution >= 0.6 is 0 Å². The maximum atomic E-state index is 11.5. The van der Waals surface area contributed by atoms with Gasteiger partial charge in [-0.15, -0.1) is 0 Å². The Labute approximate surface area is 116 Å². The lowest BCUT2D eigenvalue weighted by atomic mass is 9.93. The minimum absolute atomic E-state index is 0.112. The fourth-order valence-corrected chi connectivity index (χ4v) is 2.83. The van der Waals surface area contributed by atoms with E-state index in [-0.39, 0.29) is 23.9 Å². The molecule has 0 fully saturated rings. The molecule has 3 nitrogen and oxygen atoms in total. The molecule has 0 aliphatic heterocycles. The van der Waals surface area contributed by atoms with Gasteiger partial charge in [0.15, 0.2) is 0 Å². The van der Waals surface area contributed by atoms with Crippen molar-refractivity contribution in [3.63, 3.8) is 0 Å². The van der Waals surface area contributed by atoms with Crippen molar-refractivity contribution in [1.82, 2.24) is 5.32 Å². The number of aryl methyl sites for hydroxylation is 3. The van der Waals surface area contributed by atoms with Crippen molar-refractivity contribution in [3.8, 4) is 0 Å². The highest BCUT2D eigenvalue weighted by atomic mass is 16.1. The van der Waals surface area contributed by atoms with Crippen LogP contribution in [0.1, 0.15) is 49.1 Å². The van der Waals surface area contributed by atoms with Crippen molar-refractivity contribution in [2.24, 2.45) is 11.7 Å². The van der Waals surface area contributed by atoms with E-state index in [1.54, 1.807) is 0 Å². The summed E-state index contributed by atoms with van der Waals surface area (Å²) in [4.78, 5) is 11.5. The van der Waals surface area contributed by atoms with E-state index in [1.165, 1.54) is 22.3 Å². The average Bonchev–Trinajstić information content (AvgIpc) is 2.23. The van der Waals surface area contributed by atoms with Crippen LogP contribution in [0.5, 0.6) is 0 Å². The van der Waals surface area contributed by atoms with Crippen LogP contribution in [0.25, 0.3) is 0 Å². The number of carbonyl (C=O) groups excluding carboxylic acids is 1. The van der Waals surface area contributed by atoms with Gasteiger partial charge in [-0.25, -0.2) is 0 Å². The first kappa shape index (κ1) is 15.7. The summed E-state index contributed by atoms with van der Waals surface area (Å²) in [6, 6.07) is 4.17. The first-order valence-electron chi connectivity index (χ1n) is 6.87. The number of hydrogen-bond donors (Lipinski definition) is 2. The summed E-state index contributed by atoms with van der Waals surface area (Å²) in [6.07, 6.45) is 0. The fraction of sp³-hybridized carbons (Fsp3) is 0.562. The van der Waals surface area contributed by atoms with E-state index in [0.29, 0.717) is 0 Å². The minimum Gasteiger partial charge on any atom is -0.368 e. The summed E-state index contributed by atoms with van der Waals surface area (Å²) in [5.74, 6) is -0.102. The Bertz CT molecular complexity index is 443. The largest absolute Gasteiger partial charge is 0.368 e. The third-order valence-corrected chi connectivity index (χ3v) is 3.57. The van der Waals surface area contributed by atoms with E-state index in [2.05, 4.69) is 45.1 Å². The molecule has 1 aromatic rings. The third kappa shape index (κ3) is 3.80. The van der Waals surface area contributed by atoms with Gasteiger partial charge in [0.1, 0.15) is 0 Å². The molecule has 2 atom stereocenters. The molecule has 0 aliphatic rings. The van der Waals surface area contributed by atoms with E-state index >= 15 is 0 Å². The molecular weight excluding hydrogens is 236 g/mol. The predicted octanol–water partition coefficient (Wildman–Crippen LogP) is 2.77. The van der Waals surface area contributed by atoms with Gasteiger partial charge in [-0.2, -0.15) is 0 Å². The smallest absolute Gasteiger partial charge is 0.234 e. The summed E-state index contributed by atoms with van der Waals surface area (Å²) in [6.45, 7) is 12.4. The molecule has 0 bridgehead atoms. The molecule has 0 spiro atoms. The van der Waals surface area contributed by atoms with Crippen molar-refractivity contribution in [1.29, 1.82) is 0 Å². The van der Waals surface area contributed by atoms with E-state index in [9.17, 15) is 4.79 Å². The zero-order valence-electron chi connectivity index (χ0n) is 12.9. The highest BCUT2D eigenvalue weighted by Crippen LogP contribution is 2.24. The highest BCUT2D eigenvalue weighted by Gasteiger charge is 2.23. The second-order valence-corrected chi connectivity index (χ2v) is 5.82. The molecule has 19 heavy (non-hydrogen) atoms. The molecule has 1 aromatic carbocycles. The van der Waals surface area contributed by atoms with Crippen molar-refractivity contribution in [2.45, 2.75) is 53.6 Å². The molecule has 0 saturated heterocycles. The van der Waals surface area contributed by atoms with Crippen LogP contribution in [0.15, 0.2) is 12.1 Å². The van der Waals surface area contributed by atoms with Gasteiger partial charge < -0.3 is 5.73 Å². The standard InChI is InChI=1S/C16H26N2O/c1-9(2)15(16(17)19)18-13(6)14-11(4)7-10(3)8-12(14)5/h7-9,13,15,18H,1-6H3,(H2,17,19). The quantitative estimate of drug-likeness (QED) is 0.857. The molecule has 106 valence electrons. The van der Waals surface area contributed by atoms with Gasteiger partial charge in [0.25, 0.3) is 0 Å². The first-order chi connectivity index (χ1) is 8.73. The van der Waals surface area contributed by atoms with E-state index in [1.807, 2.05) is 13.8 Å². The van der Waals surface area contributed by atoms with Crippen molar-refractivity contribution in [2.75, 3.05) is 0 Å². The van der Waals surface area contributed by atoms with Crippen LogP contribution in [-0.2, 0) is 4.79 Å². The number of nitrogens with two attached hydrogens (primary N) is 1. The lowest BCUT2D eigenvalue weighted by Gasteiger charge is -2.26. The number of amides is 1. The number of benzene rings is 1. The Hall–Kier alpha value is -1.35. The highest BCUT2D eigenvalue weighted by molar-refractivity contribution is 5.80. The summed E-state index contributed by atoms with van der Waals surface area (Å²) < 4.78 is 0. The molecule has 1 rings (SSSR count). The van der Waals surface area contributed by atoms with Gasteiger partial charge >= 0.3 is 0 Å². The van der Waals surface area contributed by atoms with Gasteiger partial charge in [-0.3, -0.25) is 10.1 Å². The lowest BCUT2D eigenvalue weighted by molar-refractivity contribution is -0.121. The predicted molar refractivity (Wildman–Crippen MR) is 80.0 cm³/mol. The normalized spacial score (nSPS) is 14.5. The molecule has 1 amide bonds. The number of primary amides is 1. The van der Waals surface area contributed by atoms with Crippen LogP contribution < -0.4 is 11.1 Å². The SMILES string of the molecule is Cc1cc(C)c(C(C)NC(C(N)=O)C(C)C)c(C)c1. The zero-order valence-corrected chi connectivity index (χ0v) is 12.9. The Balaban J connectivity index is 3.01. The fourth-order valence-electron chi connectivity index (χ4n) is 2.83. The molecule has 2 unspecified atom stereocenters. The third-order valence-electron chi connectivity index (χ3n) is 3.57. The lowest BCUT2D eigenvalue weighted by Crippen LogP contribution is -2.46. The Kier molecular flexibility index (Phi) is 5.12. The Morgan fingerprint density at radius 1 is 1.11 bits per heavy atom. The molecule has 0 aromatic heterocycles. The molecule has 3 heteroatoms. The Morgan fingerprint density at radius 2 is 1.58 bits per heavy atom. The molecular formula is C16H26N2O. The van der Waals surface area contributed by atoms with Crippen LogP contribution in [-0.4, -0.2) is 11.9 Å². The van der Waals surface area contributed by atoms with E-state index < -0.39 is 0 Å². The van der Waals surface area contributed by atoms with Gasteiger partial charge in [0.2, 0.25) is 5.91 Å². The molecule has 0 saturated carbocycles. The maximum absolute atomic E-state index is 11.5. The summed E-state index contributed by atoms with van der Waals surface area (Å²) >= 11 is 0. The summed E-state index contributed by atoms with van der Waals surface area (Å²) in [7, 11) is 0. The van der Waals surface area contributed by atoms with Crippen LogP contribution in [0.4, 0.5) is 0 Å². The van der Waals surface area contributed by atoms with Crippen molar-refractivity contribution < 1.29 is 4.79 Å². The molecule has 0 heterocycles. The second-order valence-electron chi connectivity index (χ2n) is 5.82. The van der Waals surface area contributed by atoms with E-state index in [0.717, 1.165) is 0 Å². The van der Waals surface area contributed by atoms with Crippen LogP contribution in [0.2, 0.25) is 0 Å². The number of rotatable bonds is 5. The van der Waals surface area contributed by atoms with Gasteiger partial charge in [0, 0.05) is 6.04 Å². The Morgan fingerprint density at radius 3 is 1.95 bits per heavy atom. The number of nitrogens with one attached hydrogen (secondary N) is 1. The van der Waals surface area contributed by atoms with Gasteiger partial charge in [-0.1, -0.05) is 31.5 Å². The molecule has 0 aliphatic carbocycles. The first-order valence-corrected chi connectivity index (χ1v) is 6.87. The van der Waals surface area contributed by atoms with Crippen molar-refractivity contribution in [3.05, 3.63) is 34.4 Å². The average molecular weight is 262 g/mol. The van der Waals surface area contributed by atoms with Gasteiger partial charge in [0.05, 0.1) is 6.04 Å². The summed E-state index contributed by atoms with van der Waals surface area (Å²) in [5.41, 5.74) is 10.5. The summed E-state index contributed by atoms with van der Waals surface area (Å²) in [5, 5.41) is 3.36. The monoisotopic (exact) mass is 262 g/mol. The van der Waals surface area contributed by atoms with Crippen molar-refractivity contribution >= 4 is 5.91 Å². The second kappa shape index (κ2) is 6.20. The topological polar surface area (TPSA) is 55.1 Å². The number of carbonyl (C=O) groups is 1. The zero-order chi connectivity index (χ0) is 14.7. The maximum Gasteiger partial charge on any atom is 0.234 e. The molecule has 0 radical (unpaired) electrons. The minimum atomic E-state index is -0.296.